The van der Waals surface area contributed by atoms with Crippen molar-refractivity contribution in [1.82, 2.24) is 5.01 Å². The summed E-state index contributed by atoms with van der Waals surface area (Å²) in [5.41, 5.74) is 2.59. The van der Waals surface area contributed by atoms with E-state index in [1.165, 1.54) is 17.7 Å². The molecule has 0 radical (unpaired) electrons. The molecular weight excluding hydrogens is 315 g/mol. The van der Waals surface area contributed by atoms with E-state index in [1.54, 1.807) is 17.1 Å². The topological polar surface area (TPSA) is 32.7 Å². The van der Waals surface area contributed by atoms with E-state index in [-0.39, 0.29) is 17.3 Å². The van der Waals surface area contributed by atoms with Crippen LogP contribution in [0.4, 0.5) is 4.39 Å². The average Bonchev–Trinajstić information content (AvgIpc) is 2.92. The molecule has 2 aromatic carbocycles. The van der Waals surface area contributed by atoms with E-state index in [4.69, 9.17) is 0 Å². The predicted molar refractivity (Wildman–Crippen MR) is 97.9 cm³/mol. The number of benzene rings is 2. The summed E-state index contributed by atoms with van der Waals surface area (Å²) in [5.74, 6) is -0.228. The first-order chi connectivity index (χ1) is 12.0. The van der Waals surface area contributed by atoms with Gasteiger partial charge in [0, 0.05) is 12.8 Å². The highest BCUT2D eigenvalue weighted by Crippen LogP contribution is 2.30. The van der Waals surface area contributed by atoms with E-state index in [1.807, 2.05) is 32.0 Å². The van der Waals surface area contributed by atoms with Crippen LogP contribution >= 0.6 is 0 Å². The van der Waals surface area contributed by atoms with E-state index in [0.717, 1.165) is 24.1 Å². The highest BCUT2D eigenvalue weighted by molar-refractivity contribution is 6.03. The SMILES string of the molecule is CC1(C)CC(c2ccc(F)cc2)=NN1C(=O)CCCc1ccccc1. The summed E-state index contributed by atoms with van der Waals surface area (Å²) in [5, 5.41) is 6.15. The number of hydrogen-bond acceptors (Lipinski definition) is 2. The van der Waals surface area contributed by atoms with Gasteiger partial charge >= 0.3 is 0 Å². The van der Waals surface area contributed by atoms with Gasteiger partial charge in [-0.15, -0.1) is 0 Å². The third kappa shape index (κ3) is 4.13. The molecule has 0 spiro atoms. The standard InChI is InChI=1S/C21H23FN2O/c1-21(2)15-19(17-11-13-18(22)14-12-17)23-24(21)20(25)10-6-9-16-7-4-3-5-8-16/h3-5,7-8,11-14H,6,9-10,15H2,1-2H3. The first-order valence-corrected chi connectivity index (χ1v) is 8.66. The van der Waals surface area contributed by atoms with Crippen LogP contribution in [0.5, 0.6) is 0 Å². The fourth-order valence-corrected chi connectivity index (χ4v) is 3.17. The lowest BCUT2D eigenvalue weighted by Crippen LogP contribution is -2.40. The largest absolute Gasteiger partial charge is 0.273 e. The van der Waals surface area contributed by atoms with Crippen LogP contribution in [0.25, 0.3) is 0 Å². The van der Waals surface area contributed by atoms with Gasteiger partial charge in [-0.2, -0.15) is 5.10 Å². The van der Waals surface area contributed by atoms with Crippen molar-refractivity contribution in [1.29, 1.82) is 0 Å². The van der Waals surface area contributed by atoms with Gasteiger partial charge in [-0.1, -0.05) is 42.5 Å². The zero-order chi connectivity index (χ0) is 17.9. The Morgan fingerprint density at radius 3 is 2.48 bits per heavy atom. The number of halogens is 1. The van der Waals surface area contributed by atoms with E-state index in [0.29, 0.717) is 12.8 Å². The second-order valence-electron chi connectivity index (χ2n) is 7.09. The number of hydrazone groups is 1. The minimum Gasteiger partial charge on any atom is -0.273 e. The van der Waals surface area contributed by atoms with Gasteiger partial charge in [0.2, 0.25) is 5.91 Å². The molecule has 1 aliphatic heterocycles. The molecule has 0 saturated heterocycles. The molecule has 3 rings (SSSR count). The molecule has 1 amide bonds. The maximum Gasteiger partial charge on any atom is 0.243 e. The number of nitrogens with zero attached hydrogens (tertiary/aromatic N) is 2. The van der Waals surface area contributed by atoms with Crippen molar-refractivity contribution < 1.29 is 9.18 Å². The summed E-state index contributed by atoms with van der Waals surface area (Å²) >= 11 is 0. The number of hydrogen-bond donors (Lipinski definition) is 0. The van der Waals surface area contributed by atoms with Crippen LogP contribution in [0.3, 0.4) is 0 Å². The first-order valence-electron chi connectivity index (χ1n) is 8.66. The Labute approximate surface area is 148 Å². The van der Waals surface area contributed by atoms with Crippen LogP contribution in [-0.4, -0.2) is 22.2 Å². The normalized spacial score (nSPS) is 16.0. The lowest BCUT2D eigenvalue weighted by Gasteiger charge is -2.28. The molecule has 0 atom stereocenters. The van der Waals surface area contributed by atoms with Crippen molar-refractivity contribution in [2.75, 3.05) is 0 Å². The highest BCUT2D eigenvalue weighted by Gasteiger charge is 2.38. The Kier molecular flexibility index (Phi) is 4.98. The van der Waals surface area contributed by atoms with Crippen LogP contribution in [0, 0.1) is 5.82 Å². The van der Waals surface area contributed by atoms with E-state index < -0.39 is 0 Å². The molecule has 4 heteroatoms. The van der Waals surface area contributed by atoms with Gasteiger partial charge in [-0.25, -0.2) is 9.40 Å². The fraction of sp³-hybridized carbons (Fsp3) is 0.333. The summed E-state index contributed by atoms with van der Waals surface area (Å²) in [6.07, 6.45) is 2.83. The van der Waals surface area contributed by atoms with Crippen molar-refractivity contribution in [3.05, 3.63) is 71.5 Å². The van der Waals surface area contributed by atoms with Gasteiger partial charge in [-0.3, -0.25) is 4.79 Å². The summed E-state index contributed by atoms with van der Waals surface area (Å²) in [7, 11) is 0. The zero-order valence-electron chi connectivity index (χ0n) is 14.7. The van der Waals surface area contributed by atoms with Crippen LogP contribution in [0.1, 0.15) is 44.2 Å². The molecule has 1 aliphatic rings. The molecule has 0 bridgehead atoms. The minimum atomic E-state index is -0.354. The Morgan fingerprint density at radius 2 is 1.80 bits per heavy atom. The third-order valence-corrected chi connectivity index (χ3v) is 4.51. The molecule has 130 valence electrons. The number of aryl methyl sites for hydroxylation is 1. The molecule has 0 fully saturated rings. The van der Waals surface area contributed by atoms with Crippen LogP contribution in [0.15, 0.2) is 59.7 Å². The van der Waals surface area contributed by atoms with Gasteiger partial charge in [-0.05, 0) is 49.9 Å². The maximum atomic E-state index is 13.1. The Bertz CT molecular complexity index is 766. The quantitative estimate of drug-likeness (QED) is 0.786. The van der Waals surface area contributed by atoms with E-state index >= 15 is 0 Å². The predicted octanol–water partition coefficient (Wildman–Crippen LogP) is 4.56. The van der Waals surface area contributed by atoms with Crippen molar-refractivity contribution in [2.45, 2.75) is 45.1 Å². The zero-order valence-corrected chi connectivity index (χ0v) is 14.7. The summed E-state index contributed by atoms with van der Waals surface area (Å²) in [6.45, 7) is 4.03. The number of carbonyl (C=O) groups is 1. The number of amides is 1. The Hall–Kier alpha value is -2.49. The summed E-state index contributed by atoms with van der Waals surface area (Å²) in [4.78, 5) is 12.6. The lowest BCUT2D eigenvalue weighted by molar-refractivity contribution is -0.135. The highest BCUT2D eigenvalue weighted by atomic mass is 19.1. The van der Waals surface area contributed by atoms with Gasteiger partial charge in [0.15, 0.2) is 0 Å². The molecule has 0 aliphatic carbocycles. The van der Waals surface area contributed by atoms with Crippen molar-refractivity contribution >= 4 is 11.6 Å². The van der Waals surface area contributed by atoms with Crippen LogP contribution in [0.2, 0.25) is 0 Å². The maximum absolute atomic E-state index is 13.1. The van der Waals surface area contributed by atoms with Crippen molar-refractivity contribution in [2.24, 2.45) is 5.10 Å². The molecule has 25 heavy (non-hydrogen) atoms. The van der Waals surface area contributed by atoms with Gasteiger partial charge in [0.1, 0.15) is 5.82 Å². The second-order valence-corrected chi connectivity index (χ2v) is 7.09. The smallest absolute Gasteiger partial charge is 0.243 e. The third-order valence-electron chi connectivity index (χ3n) is 4.51. The fourth-order valence-electron chi connectivity index (χ4n) is 3.17. The van der Waals surface area contributed by atoms with E-state index in [9.17, 15) is 9.18 Å². The van der Waals surface area contributed by atoms with Crippen LogP contribution < -0.4 is 0 Å². The summed E-state index contributed by atoms with van der Waals surface area (Å²) < 4.78 is 13.1. The molecule has 0 N–H and O–H groups in total. The molecule has 0 aromatic heterocycles. The molecule has 0 saturated carbocycles. The van der Waals surface area contributed by atoms with E-state index in [2.05, 4.69) is 17.2 Å². The Morgan fingerprint density at radius 1 is 1.12 bits per heavy atom. The molecule has 3 nitrogen and oxygen atoms in total. The monoisotopic (exact) mass is 338 g/mol. The van der Waals surface area contributed by atoms with Crippen molar-refractivity contribution in [3.8, 4) is 0 Å². The molecular formula is C21H23FN2O. The molecule has 1 heterocycles. The summed E-state index contributed by atoms with van der Waals surface area (Å²) in [6, 6.07) is 16.5. The van der Waals surface area contributed by atoms with Gasteiger partial charge < -0.3 is 0 Å². The van der Waals surface area contributed by atoms with Crippen molar-refractivity contribution in [3.63, 3.8) is 0 Å². The second kappa shape index (κ2) is 7.18. The minimum absolute atomic E-state index is 0.0399. The molecule has 2 aromatic rings. The van der Waals surface area contributed by atoms with Gasteiger partial charge in [0.05, 0.1) is 11.3 Å². The Balaban J connectivity index is 1.65. The van der Waals surface area contributed by atoms with Crippen LogP contribution in [-0.2, 0) is 11.2 Å². The molecule has 0 unspecified atom stereocenters. The first kappa shape index (κ1) is 17.3. The number of rotatable bonds is 5. The number of carbonyl (C=O) groups excluding carboxylic acids is 1. The average molecular weight is 338 g/mol. The van der Waals surface area contributed by atoms with Gasteiger partial charge in [0.25, 0.3) is 0 Å². The lowest BCUT2D eigenvalue weighted by atomic mass is 9.94.